The van der Waals surface area contributed by atoms with E-state index in [2.05, 4.69) is 4.74 Å². The van der Waals surface area contributed by atoms with E-state index in [1.165, 1.54) is 14.2 Å². The number of aryl methyl sites for hydroxylation is 1. The van der Waals surface area contributed by atoms with E-state index in [1.807, 2.05) is 25.3 Å². The molecule has 0 aliphatic rings. The van der Waals surface area contributed by atoms with Crippen molar-refractivity contribution in [2.75, 3.05) is 14.2 Å². The van der Waals surface area contributed by atoms with Gasteiger partial charge < -0.3 is 13.9 Å². The Morgan fingerprint density at radius 2 is 1.95 bits per heavy atom. The fourth-order valence-corrected chi connectivity index (χ4v) is 2.02. The highest BCUT2D eigenvalue weighted by Crippen LogP contribution is 2.20. The lowest BCUT2D eigenvalue weighted by molar-refractivity contribution is -0.139. The summed E-state index contributed by atoms with van der Waals surface area (Å²) in [6, 6.07) is 5.57. The van der Waals surface area contributed by atoms with E-state index in [9.17, 15) is 9.59 Å². The van der Waals surface area contributed by atoms with Crippen molar-refractivity contribution in [3.05, 3.63) is 41.2 Å². The van der Waals surface area contributed by atoms with E-state index < -0.39 is 11.9 Å². The molecule has 0 saturated carbocycles. The Hall–Kier alpha value is -2.30. The molecule has 0 aliphatic heterocycles. The van der Waals surface area contributed by atoms with Gasteiger partial charge >= 0.3 is 11.9 Å². The zero-order valence-electron chi connectivity index (χ0n) is 11.1. The molecule has 0 spiro atoms. The number of carbonyl (C=O) groups is 2. The van der Waals surface area contributed by atoms with E-state index in [1.54, 1.807) is 10.5 Å². The van der Waals surface area contributed by atoms with E-state index in [-0.39, 0.29) is 6.42 Å². The second-order valence-corrected chi connectivity index (χ2v) is 4.25. The summed E-state index contributed by atoms with van der Waals surface area (Å²) in [5.41, 5.74) is 2.89. The lowest BCUT2D eigenvalue weighted by Gasteiger charge is -2.05. The van der Waals surface area contributed by atoms with Crippen molar-refractivity contribution in [1.29, 1.82) is 0 Å². The minimum Gasteiger partial charge on any atom is -0.469 e. The van der Waals surface area contributed by atoms with Crippen LogP contribution >= 0.6 is 0 Å². The van der Waals surface area contributed by atoms with Gasteiger partial charge in [-0.1, -0.05) is 0 Å². The number of esters is 2. The molecule has 2 heterocycles. The molecule has 0 bridgehead atoms. The summed E-state index contributed by atoms with van der Waals surface area (Å²) in [5.74, 6) is -0.856. The quantitative estimate of drug-likeness (QED) is 0.790. The van der Waals surface area contributed by atoms with Crippen LogP contribution in [-0.4, -0.2) is 30.6 Å². The molecular weight excluding hydrogens is 246 g/mol. The fourth-order valence-electron chi connectivity index (χ4n) is 2.02. The molecule has 2 rings (SSSR count). The molecule has 5 nitrogen and oxygen atoms in total. The van der Waals surface area contributed by atoms with Crippen LogP contribution in [0.25, 0.3) is 5.52 Å². The van der Waals surface area contributed by atoms with Crippen molar-refractivity contribution in [1.82, 2.24) is 4.40 Å². The van der Waals surface area contributed by atoms with Crippen LogP contribution in [0.3, 0.4) is 0 Å². The second-order valence-electron chi connectivity index (χ2n) is 4.25. The van der Waals surface area contributed by atoms with Gasteiger partial charge in [0, 0.05) is 17.4 Å². The molecule has 0 aliphatic carbocycles. The lowest BCUT2D eigenvalue weighted by atomic mass is 10.2. The van der Waals surface area contributed by atoms with Gasteiger partial charge in [-0.05, 0) is 30.7 Å². The first kappa shape index (κ1) is 13.1. The molecule has 5 heteroatoms. The Kier molecular flexibility index (Phi) is 3.55. The number of aromatic nitrogens is 1. The molecule has 0 N–H and O–H groups in total. The third kappa shape index (κ3) is 2.45. The van der Waals surface area contributed by atoms with Crippen LogP contribution in [0, 0.1) is 6.92 Å². The number of hydrogen-bond donors (Lipinski definition) is 0. The summed E-state index contributed by atoms with van der Waals surface area (Å²) in [4.78, 5) is 23.2. The fraction of sp³-hybridized carbons (Fsp3) is 0.286. The van der Waals surface area contributed by atoms with E-state index >= 15 is 0 Å². The maximum absolute atomic E-state index is 11.8. The maximum Gasteiger partial charge on any atom is 0.339 e. The standard InChI is InChI=1S/C14H15NO4/c1-9-4-5-15-10(6-9)7-11(14(17)19-3)12(15)8-13(16)18-2/h4-7H,8H2,1-3H3. The molecule has 0 atom stereocenters. The molecule has 0 radical (unpaired) electrons. The summed E-state index contributed by atoms with van der Waals surface area (Å²) in [6.45, 7) is 1.96. The smallest absolute Gasteiger partial charge is 0.339 e. The summed E-state index contributed by atoms with van der Waals surface area (Å²) < 4.78 is 11.2. The average molecular weight is 261 g/mol. The van der Waals surface area contributed by atoms with Crippen LogP contribution in [0.2, 0.25) is 0 Å². The predicted molar refractivity (Wildman–Crippen MR) is 69.2 cm³/mol. The van der Waals surface area contributed by atoms with Crippen LogP contribution in [0.4, 0.5) is 0 Å². The number of nitrogens with zero attached hydrogens (tertiary/aromatic N) is 1. The van der Waals surface area contributed by atoms with Gasteiger partial charge in [0.1, 0.15) is 0 Å². The molecular formula is C14H15NO4. The Morgan fingerprint density at radius 3 is 2.58 bits per heavy atom. The van der Waals surface area contributed by atoms with Crippen LogP contribution in [0.15, 0.2) is 24.4 Å². The van der Waals surface area contributed by atoms with Gasteiger partial charge in [0.05, 0.1) is 26.2 Å². The van der Waals surface area contributed by atoms with E-state index in [4.69, 9.17) is 4.74 Å². The number of methoxy groups -OCH3 is 2. The number of pyridine rings is 1. The molecule has 0 unspecified atom stereocenters. The Labute approximate surface area is 110 Å². The van der Waals surface area contributed by atoms with Gasteiger partial charge in [-0.15, -0.1) is 0 Å². The van der Waals surface area contributed by atoms with Gasteiger partial charge in [0.25, 0.3) is 0 Å². The highest BCUT2D eigenvalue weighted by Gasteiger charge is 2.19. The zero-order valence-corrected chi connectivity index (χ0v) is 11.1. The Bertz CT molecular complexity index is 642. The zero-order chi connectivity index (χ0) is 14.0. The summed E-state index contributed by atoms with van der Waals surface area (Å²) >= 11 is 0. The third-order valence-corrected chi connectivity index (χ3v) is 2.98. The Balaban J connectivity index is 2.61. The maximum atomic E-state index is 11.8. The van der Waals surface area contributed by atoms with Crippen molar-refractivity contribution < 1.29 is 19.1 Å². The molecule has 2 aromatic heterocycles. The minimum atomic E-state index is -0.458. The number of rotatable bonds is 3. The number of hydrogen-bond acceptors (Lipinski definition) is 4. The minimum absolute atomic E-state index is 0.0260. The average Bonchev–Trinajstić information content (AvgIpc) is 2.75. The Morgan fingerprint density at radius 1 is 1.21 bits per heavy atom. The molecule has 0 fully saturated rings. The normalized spacial score (nSPS) is 10.5. The van der Waals surface area contributed by atoms with Gasteiger partial charge in [0.15, 0.2) is 0 Å². The summed E-state index contributed by atoms with van der Waals surface area (Å²) in [5, 5.41) is 0. The SMILES string of the molecule is COC(=O)Cc1c(C(=O)OC)cc2cc(C)ccn12. The van der Waals surface area contributed by atoms with Crippen LogP contribution in [0.1, 0.15) is 21.6 Å². The number of ether oxygens (including phenoxy) is 2. The summed E-state index contributed by atoms with van der Waals surface area (Å²) in [7, 11) is 2.64. The van der Waals surface area contributed by atoms with Crippen LogP contribution < -0.4 is 0 Å². The van der Waals surface area contributed by atoms with Crippen LogP contribution in [-0.2, 0) is 20.7 Å². The molecule has 0 amide bonds. The number of carbonyl (C=O) groups excluding carboxylic acids is 2. The largest absolute Gasteiger partial charge is 0.469 e. The van der Waals surface area contributed by atoms with Gasteiger partial charge in [-0.3, -0.25) is 4.79 Å². The molecule has 0 aromatic carbocycles. The first-order valence-electron chi connectivity index (χ1n) is 5.82. The van der Waals surface area contributed by atoms with Gasteiger partial charge in [-0.25, -0.2) is 4.79 Å². The van der Waals surface area contributed by atoms with Crippen molar-refractivity contribution in [3.8, 4) is 0 Å². The van der Waals surface area contributed by atoms with Crippen molar-refractivity contribution in [3.63, 3.8) is 0 Å². The third-order valence-electron chi connectivity index (χ3n) is 2.98. The van der Waals surface area contributed by atoms with Gasteiger partial charge in [-0.2, -0.15) is 0 Å². The lowest BCUT2D eigenvalue weighted by Crippen LogP contribution is -2.11. The highest BCUT2D eigenvalue weighted by molar-refractivity contribution is 5.94. The molecule has 19 heavy (non-hydrogen) atoms. The van der Waals surface area contributed by atoms with Crippen molar-refractivity contribution in [2.24, 2.45) is 0 Å². The predicted octanol–water partition coefficient (Wildman–Crippen LogP) is 1.75. The van der Waals surface area contributed by atoms with E-state index in [0.29, 0.717) is 11.3 Å². The highest BCUT2D eigenvalue weighted by atomic mass is 16.5. The summed E-state index contributed by atoms with van der Waals surface area (Å²) in [6.07, 6.45) is 1.85. The van der Waals surface area contributed by atoms with Crippen LogP contribution in [0.5, 0.6) is 0 Å². The first-order chi connectivity index (χ1) is 9.06. The topological polar surface area (TPSA) is 57.0 Å². The molecule has 0 saturated heterocycles. The number of fused-ring (bicyclic) bond motifs is 1. The second kappa shape index (κ2) is 5.14. The van der Waals surface area contributed by atoms with Crippen molar-refractivity contribution in [2.45, 2.75) is 13.3 Å². The van der Waals surface area contributed by atoms with Gasteiger partial charge in [0.2, 0.25) is 0 Å². The first-order valence-corrected chi connectivity index (χ1v) is 5.82. The molecule has 100 valence electrons. The van der Waals surface area contributed by atoms with E-state index in [0.717, 1.165) is 11.1 Å². The van der Waals surface area contributed by atoms with Crippen molar-refractivity contribution >= 4 is 17.5 Å². The molecule has 2 aromatic rings. The monoisotopic (exact) mass is 261 g/mol.